The summed E-state index contributed by atoms with van der Waals surface area (Å²) < 4.78 is 31.8. The lowest BCUT2D eigenvalue weighted by atomic mass is 9.99. The second kappa shape index (κ2) is 5.97. The number of aromatic carboxylic acids is 1. The maximum absolute atomic E-state index is 15.5. The number of carboxylic acid groups (broad SMARTS) is 1. The molecule has 2 heterocycles. The van der Waals surface area contributed by atoms with Crippen molar-refractivity contribution < 1.29 is 18.7 Å². The fourth-order valence-electron chi connectivity index (χ4n) is 3.43. The van der Waals surface area contributed by atoms with E-state index < -0.39 is 28.6 Å². The van der Waals surface area contributed by atoms with Gasteiger partial charge in [0.25, 0.3) is 0 Å². The number of rotatable bonds is 3. The molecule has 1 aliphatic rings. The van der Waals surface area contributed by atoms with Gasteiger partial charge in [-0.1, -0.05) is 6.07 Å². The summed E-state index contributed by atoms with van der Waals surface area (Å²) in [6.45, 7) is 3.44. The lowest BCUT2D eigenvalue weighted by Gasteiger charge is -2.16. The van der Waals surface area contributed by atoms with Crippen LogP contribution in [-0.2, 0) is 0 Å². The highest BCUT2D eigenvalue weighted by Gasteiger charge is 2.30. The number of nitrogens with zero attached hydrogens (tertiary/aromatic N) is 2. The molecular weight excluding hydrogens is 354 g/mol. The Balaban J connectivity index is 2.13. The Bertz CT molecular complexity index is 1180. The van der Waals surface area contributed by atoms with Crippen molar-refractivity contribution in [1.29, 1.82) is 0 Å². The van der Waals surface area contributed by atoms with E-state index in [-0.39, 0.29) is 22.5 Å². The van der Waals surface area contributed by atoms with E-state index in [1.54, 1.807) is 26.0 Å². The van der Waals surface area contributed by atoms with Crippen molar-refractivity contribution in [3.8, 4) is 11.1 Å². The van der Waals surface area contributed by atoms with Gasteiger partial charge >= 0.3 is 5.97 Å². The van der Waals surface area contributed by atoms with E-state index in [2.05, 4.69) is 4.98 Å². The molecule has 0 amide bonds. The molecule has 0 radical (unpaired) electrons. The first-order valence-corrected chi connectivity index (χ1v) is 8.54. The van der Waals surface area contributed by atoms with Crippen molar-refractivity contribution in [2.24, 2.45) is 0 Å². The third-order valence-corrected chi connectivity index (χ3v) is 4.87. The summed E-state index contributed by atoms with van der Waals surface area (Å²) in [4.78, 5) is 28.1. The minimum Gasteiger partial charge on any atom is -0.477 e. The summed E-state index contributed by atoms with van der Waals surface area (Å²) in [6, 6.07) is 4.08. The van der Waals surface area contributed by atoms with E-state index in [9.17, 15) is 19.1 Å². The number of fused-ring (bicyclic) bond motifs is 1. The number of carboxylic acids is 1. The summed E-state index contributed by atoms with van der Waals surface area (Å²) >= 11 is 0. The second-order valence-electron chi connectivity index (χ2n) is 6.84. The topological polar surface area (TPSA) is 72.2 Å². The molecular formula is C20H16F2N2O3. The Kier molecular flexibility index (Phi) is 3.83. The quantitative estimate of drug-likeness (QED) is 0.757. The zero-order valence-electron chi connectivity index (χ0n) is 14.7. The van der Waals surface area contributed by atoms with Crippen molar-refractivity contribution in [1.82, 2.24) is 9.55 Å². The van der Waals surface area contributed by atoms with Crippen molar-refractivity contribution in [3.63, 3.8) is 0 Å². The SMILES string of the molecule is Cc1ccc(-c2c(F)cc3c(=O)c(C(=O)O)cn(C4CC4)c3c2F)c(C)n1. The van der Waals surface area contributed by atoms with Gasteiger partial charge in [-0.15, -0.1) is 0 Å². The van der Waals surface area contributed by atoms with Gasteiger partial charge in [-0.3, -0.25) is 9.78 Å². The van der Waals surface area contributed by atoms with Gasteiger partial charge in [0.1, 0.15) is 11.4 Å². The van der Waals surface area contributed by atoms with Crippen LogP contribution in [0.4, 0.5) is 8.78 Å². The van der Waals surface area contributed by atoms with Crippen LogP contribution in [0, 0.1) is 25.5 Å². The average Bonchev–Trinajstić information content (AvgIpc) is 3.42. The van der Waals surface area contributed by atoms with E-state index in [4.69, 9.17) is 0 Å². The van der Waals surface area contributed by atoms with Gasteiger partial charge in [0.05, 0.1) is 16.5 Å². The Morgan fingerprint density at radius 3 is 2.56 bits per heavy atom. The predicted octanol–water partition coefficient (Wildman–Crippen LogP) is 3.99. The van der Waals surface area contributed by atoms with Gasteiger partial charge in [0.15, 0.2) is 5.82 Å². The van der Waals surface area contributed by atoms with Gasteiger partial charge in [0, 0.05) is 29.2 Å². The van der Waals surface area contributed by atoms with E-state index in [1.165, 1.54) is 4.57 Å². The van der Waals surface area contributed by atoms with Crippen LogP contribution < -0.4 is 5.43 Å². The molecule has 1 fully saturated rings. The molecule has 3 aromatic rings. The molecule has 1 saturated carbocycles. The smallest absolute Gasteiger partial charge is 0.341 e. The van der Waals surface area contributed by atoms with Crippen LogP contribution in [0.25, 0.3) is 22.0 Å². The Labute approximate surface area is 152 Å². The molecule has 0 bridgehead atoms. The van der Waals surface area contributed by atoms with Crippen LogP contribution in [0.3, 0.4) is 0 Å². The molecule has 7 heteroatoms. The number of carbonyl (C=O) groups is 1. The molecule has 0 unspecified atom stereocenters. The summed E-state index contributed by atoms with van der Waals surface area (Å²) in [5, 5.41) is 9.01. The van der Waals surface area contributed by atoms with Crippen molar-refractivity contribution in [2.45, 2.75) is 32.7 Å². The van der Waals surface area contributed by atoms with E-state index in [1.807, 2.05) is 0 Å². The molecule has 0 spiro atoms. The fourth-order valence-corrected chi connectivity index (χ4v) is 3.43. The van der Waals surface area contributed by atoms with Crippen molar-refractivity contribution in [3.05, 3.63) is 63.2 Å². The summed E-state index contributed by atoms with van der Waals surface area (Å²) in [7, 11) is 0. The molecule has 5 nitrogen and oxygen atoms in total. The maximum atomic E-state index is 15.5. The number of hydrogen-bond donors (Lipinski definition) is 1. The largest absolute Gasteiger partial charge is 0.477 e. The minimum atomic E-state index is -1.42. The highest BCUT2D eigenvalue weighted by molar-refractivity contribution is 5.94. The van der Waals surface area contributed by atoms with Crippen LogP contribution in [0.15, 0.2) is 29.2 Å². The second-order valence-corrected chi connectivity index (χ2v) is 6.84. The molecule has 0 saturated heterocycles. The van der Waals surface area contributed by atoms with E-state index in [0.29, 0.717) is 11.3 Å². The molecule has 1 aliphatic carbocycles. The number of halogens is 2. The number of hydrogen-bond acceptors (Lipinski definition) is 3. The summed E-state index contributed by atoms with van der Waals surface area (Å²) in [6.07, 6.45) is 2.65. The molecule has 27 heavy (non-hydrogen) atoms. The Morgan fingerprint density at radius 2 is 1.96 bits per heavy atom. The Hall–Kier alpha value is -3.09. The van der Waals surface area contributed by atoms with Gasteiger partial charge < -0.3 is 9.67 Å². The zero-order valence-corrected chi connectivity index (χ0v) is 14.7. The maximum Gasteiger partial charge on any atom is 0.341 e. The standard InChI is InChI=1S/C20H16F2N2O3/c1-9-3-6-12(10(2)23-9)16-15(21)7-13-18(17(16)22)24(11-4-5-11)8-14(19(13)25)20(26)27/h3,6-8,11H,4-5H2,1-2H3,(H,26,27). The molecule has 1 aromatic carbocycles. The molecule has 138 valence electrons. The third-order valence-electron chi connectivity index (χ3n) is 4.87. The first-order chi connectivity index (χ1) is 12.8. The van der Waals surface area contributed by atoms with Crippen LogP contribution >= 0.6 is 0 Å². The minimum absolute atomic E-state index is 0.0659. The van der Waals surface area contributed by atoms with Crippen molar-refractivity contribution >= 4 is 16.9 Å². The number of aromatic nitrogens is 2. The summed E-state index contributed by atoms with van der Waals surface area (Å²) in [5.74, 6) is -3.21. The normalized spacial score (nSPS) is 13.9. The third kappa shape index (κ3) is 2.70. The average molecular weight is 370 g/mol. The van der Waals surface area contributed by atoms with Gasteiger partial charge in [0.2, 0.25) is 5.43 Å². The number of aryl methyl sites for hydroxylation is 2. The van der Waals surface area contributed by atoms with E-state index in [0.717, 1.165) is 30.8 Å². The Morgan fingerprint density at radius 1 is 1.26 bits per heavy atom. The highest BCUT2D eigenvalue weighted by atomic mass is 19.1. The van der Waals surface area contributed by atoms with E-state index >= 15 is 4.39 Å². The predicted molar refractivity (Wildman–Crippen MR) is 96.1 cm³/mol. The first-order valence-electron chi connectivity index (χ1n) is 8.54. The zero-order chi connectivity index (χ0) is 19.5. The lowest BCUT2D eigenvalue weighted by molar-refractivity contribution is 0.0695. The first kappa shape index (κ1) is 17.3. The van der Waals surface area contributed by atoms with Gasteiger partial charge in [-0.2, -0.15) is 0 Å². The molecule has 0 aliphatic heterocycles. The molecule has 4 rings (SSSR count). The summed E-state index contributed by atoms with van der Waals surface area (Å²) in [5.41, 5.74) is -0.219. The highest BCUT2D eigenvalue weighted by Crippen LogP contribution is 2.40. The van der Waals surface area contributed by atoms with Crippen LogP contribution in [-0.4, -0.2) is 20.6 Å². The van der Waals surface area contributed by atoms with Crippen molar-refractivity contribution in [2.75, 3.05) is 0 Å². The molecule has 2 aromatic heterocycles. The fraction of sp³-hybridized carbons (Fsp3) is 0.250. The number of benzene rings is 1. The molecule has 0 atom stereocenters. The van der Waals surface area contributed by atoms with Crippen LogP contribution in [0.5, 0.6) is 0 Å². The van der Waals surface area contributed by atoms with Crippen LogP contribution in [0.1, 0.15) is 40.6 Å². The van der Waals surface area contributed by atoms with Crippen LogP contribution in [0.2, 0.25) is 0 Å². The molecule has 1 N–H and O–H groups in total. The van der Waals surface area contributed by atoms with Gasteiger partial charge in [-0.25, -0.2) is 13.6 Å². The van der Waals surface area contributed by atoms with Gasteiger partial charge in [-0.05, 0) is 38.8 Å². The monoisotopic (exact) mass is 370 g/mol. The number of pyridine rings is 2. The lowest BCUT2D eigenvalue weighted by Crippen LogP contribution is -2.20.